The number of aromatic nitrogens is 1. The molecule has 0 bridgehead atoms. The molecule has 3 unspecified atom stereocenters. The van der Waals surface area contributed by atoms with Crippen LogP contribution in [0.3, 0.4) is 0 Å². The Kier molecular flexibility index (Phi) is 6.77. The molecule has 126 valence electrons. The van der Waals surface area contributed by atoms with Crippen LogP contribution in [-0.4, -0.2) is 60.6 Å². The maximum atomic E-state index is 10.1. The molecule has 5 nitrogen and oxygen atoms in total. The van der Waals surface area contributed by atoms with E-state index in [4.69, 9.17) is 9.47 Å². The monoisotopic (exact) mass is 328 g/mol. The molecule has 0 aliphatic carbocycles. The summed E-state index contributed by atoms with van der Waals surface area (Å²) < 4.78 is 11.1. The Morgan fingerprint density at radius 2 is 2.27 bits per heavy atom. The lowest BCUT2D eigenvalue weighted by Gasteiger charge is -2.26. The number of ether oxygens (including phenoxy) is 2. The van der Waals surface area contributed by atoms with Gasteiger partial charge in [-0.2, -0.15) is 0 Å². The third kappa shape index (κ3) is 4.99. The molecule has 1 aromatic heterocycles. The number of likely N-dealkylation sites (N-methyl/N-ethyl adjacent to an activating group) is 1. The fourth-order valence-corrected chi connectivity index (χ4v) is 3.83. The van der Waals surface area contributed by atoms with Crippen LogP contribution in [0.4, 0.5) is 0 Å². The highest BCUT2D eigenvalue weighted by molar-refractivity contribution is 7.11. The summed E-state index contributed by atoms with van der Waals surface area (Å²) in [5.74, 6) is 0. The number of hydrogen-bond acceptors (Lipinski definition) is 6. The van der Waals surface area contributed by atoms with E-state index in [-0.39, 0.29) is 12.1 Å². The zero-order chi connectivity index (χ0) is 16.1. The van der Waals surface area contributed by atoms with E-state index < -0.39 is 6.10 Å². The summed E-state index contributed by atoms with van der Waals surface area (Å²) in [5.41, 5.74) is 1.09. The van der Waals surface area contributed by atoms with Crippen molar-refractivity contribution in [3.05, 3.63) is 15.6 Å². The molecule has 2 rings (SSSR count). The Hall–Kier alpha value is -0.530. The smallest absolute Gasteiger partial charge is 0.0900 e. The molecule has 1 N–H and O–H groups in total. The van der Waals surface area contributed by atoms with Gasteiger partial charge in [0.15, 0.2) is 0 Å². The van der Waals surface area contributed by atoms with Gasteiger partial charge in [0.2, 0.25) is 0 Å². The van der Waals surface area contributed by atoms with Gasteiger partial charge < -0.3 is 14.6 Å². The Balaban J connectivity index is 1.72. The molecule has 0 aromatic carbocycles. The molecule has 1 aliphatic heterocycles. The van der Waals surface area contributed by atoms with Crippen LogP contribution < -0.4 is 0 Å². The van der Waals surface area contributed by atoms with Gasteiger partial charge in [0, 0.05) is 24.1 Å². The Labute approximate surface area is 137 Å². The quantitative estimate of drug-likeness (QED) is 0.793. The third-order valence-corrected chi connectivity index (χ3v) is 5.36. The van der Waals surface area contributed by atoms with Gasteiger partial charge in [0.05, 0.1) is 36.1 Å². The minimum atomic E-state index is -0.483. The second-order valence-corrected chi connectivity index (χ2v) is 7.36. The Morgan fingerprint density at radius 1 is 1.50 bits per heavy atom. The maximum absolute atomic E-state index is 10.1. The maximum Gasteiger partial charge on any atom is 0.0900 e. The van der Waals surface area contributed by atoms with Crippen molar-refractivity contribution in [2.75, 3.05) is 33.4 Å². The van der Waals surface area contributed by atoms with Crippen molar-refractivity contribution in [2.45, 2.75) is 51.9 Å². The van der Waals surface area contributed by atoms with Gasteiger partial charge in [0.1, 0.15) is 0 Å². The summed E-state index contributed by atoms with van der Waals surface area (Å²) in [7, 11) is 2.03. The van der Waals surface area contributed by atoms with Gasteiger partial charge in [-0.1, -0.05) is 0 Å². The van der Waals surface area contributed by atoms with Crippen LogP contribution in [0.5, 0.6) is 0 Å². The number of rotatable bonds is 8. The standard InChI is InChI=1S/C16H28N2O3S/c1-11-16(22-13(3)17-11)12(2)18(4)8-14(19)9-20-10-15-6-5-7-21-15/h12,14-15,19H,5-10H2,1-4H3. The van der Waals surface area contributed by atoms with Crippen molar-refractivity contribution in [1.29, 1.82) is 0 Å². The zero-order valence-corrected chi connectivity index (χ0v) is 14.9. The molecular weight excluding hydrogens is 300 g/mol. The van der Waals surface area contributed by atoms with Crippen molar-refractivity contribution >= 4 is 11.3 Å². The number of aliphatic hydroxyl groups excluding tert-OH is 1. The second kappa shape index (κ2) is 8.36. The molecule has 0 spiro atoms. The van der Waals surface area contributed by atoms with E-state index in [1.165, 1.54) is 4.88 Å². The first-order chi connectivity index (χ1) is 10.5. The first-order valence-electron chi connectivity index (χ1n) is 7.99. The van der Waals surface area contributed by atoms with E-state index in [1.807, 2.05) is 20.9 Å². The predicted octanol–water partition coefficient (Wildman–Crippen LogP) is 2.31. The summed E-state index contributed by atoms with van der Waals surface area (Å²) in [6.07, 6.45) is 1.91. The van der Waals surface area contributed by atoms with Crippen LogP contribution in [0.25, 0.3) is 0 Å². The van der Waals surface area contributed by atoms with Gasteiger partial charge in [-0.15, -0.1) is 11.3 Å². The fraction of sp³-hybridized carbons (Fsp3) is 0.812. The minimum Gasteiger partial charge on any atom is -0.389 e. The van der Waals surface area contributed by atoms with Crippen molar-refractivity contribution < 1.29 is 14.6 Å². The largest absolute Gasteiger partial charge is 0.389 e. The lowest BCUT2D eigenvalue weighted by Crippen LogP contribution is -2.34. The van der Waals surface area contributed by atoms with Gasteiger partial charge in [-0.05, 0) is 40.7 Å². The van der Waals surface area contributed by atoms with E-state index >= 15 is 0 Å². The van der Waals surface area contributed by atoms with Crippen LogP contribution in [0.2, 0.25) is 0 Å². The Morgan fingerprint density at radius 3 is 2.86 bits per heavy atom. The van der Waals surface area contributed by atoms with Gasteiger partial charge in [-0.25, -0.2) is 4.98 Å². The van der Waals surface area contributed by atoms with Crippen LogP contribution in [0.15, 0.2) is 0 Å². The fourth-order valence-electron chi connectivity index (χ4n) is 2.79. The van der Waals surface area contributed by atoms with Crippen LogP contribution >= 0.6 is 11.3 Å². The van der Waals surface area contributed by atoms with Crippen molar-refractivity contribution in [3.63, 3.8) is 0 Å². The van der Waals surface area contributed by atoms with E-state index in [1.54, 1.807) is 11.3 Å². The van der Waals surface area contributed by atoms with Crippen molar-refractivity contribution in [3.8, 4) is 0 Å². The summed E-state index contributed by atoms with van der Waals surface area (Å²) in [5, 5.41) is 11.2. The molecule has 6 heteroatoms. The van der Waals surface area contributed by atoms with Crippen molar-refractivity contribution in [1.82, 2.24) is 9.88 Å². The minimum absolute atomic E-state index is 0.215. The van der Waals surface area contributed by atoms with Gasteiger partial charge in [-0.3, -0.25) is 4.90 Å². The first-order valence-corrected chi connectivity index (χ1v) is 8.80. The molecule has 0 amide bonds. The Bertz CT molecular complexity index is 460. The highest BCUT2D eigenvalue weighted by atomic mass is 32.1. The summed E-state index contributed by atoms with van der Waals surface area (Å²) in [4.78, 5) is 7.90. The van der Waals surface area contributed by atoms with Crippen LogP contribution in [-0.2, 0) is 9.47 Å². The number of hydrogen-bond donors (Lipinski definition) is 1. The molecule has 2 heterocycles. The number of aliphatic hydroxyl groups is 1. The number of nitrogens with zero attached hydrogens (tertiary/aromatic N) is 2. The van der Waals surface area contributed by atoms with Crippen LogP contribution in [0, 0.1) is 13.8 Å². The average Bonchev–Trinajstić information content (AvgIpc) is 3.07. The van der Waals surface area contributed by atoms with E-state index in [0.717, 1.165) is 30.2 Å². The number of aryl methyl sites for hydroxylation is 2. The molecule has 1 saturated heterocycles. The van der Waals surface area contributed by atoms with Crippen LogP contribution in [0.1, 0.15) is 41.4 Å². The summed E-state index contributed by atoms with van der Waals surface area (Å²) in [6, 6.07) is 0.249. The van der Waals surface area contributed by atoms with E-state index in [9.17, 15) is 5.11 Å². The third-order valence-electron chi connectivity index (χ3n) is 4.12. The molecule has 1 aromatic rings. The van der Waals surface area contributed by atoms with E-state index in [0.29, 0.717) is 19.8 Å². The second-order valence-electron chi connectivity index (χ2n) is 6.12. The SMILES string of the molecule is Cc1nc(C)c(C(C)N(C)CC(O)COCC2CCCO2)s1. The normalized spacial score (nSPS) is 21.5. The molecule has 22 heavy (non-hydrogen) atoms. The molecule has 3 atom stereocenters. The lowest BCUT2D eigenvalue weighted by molar-refractivity contribution is -0.0257. The van der Waals surface area contributed by atoms with Gasteiger partial charge >= 0.3 is 0 Å². The average molecular weight is 328 g/mol. The highest BCUT2D eigenvalue weighted by Crippen LogP contribution is 2.28. The van der Waals surface area contributed by atoms with Gasteiger partial charge in [0.25, 0.3) is 0 Å². The van der Waals surface area contributed by atoms with Crippen molar-refractivity contribution in [2.24, 2.45) is 0 Å². The molecule has 0 radical (unpaired) electrons. The zero-order valence-electron chi connectivity index (χ0n) is 14.0. The predicted molar refractivity (Wildman–Crippen MR) is 88.4 cm³/mol. The topological polar surface area (TPSA) is 54.8 Å². The summed E-state index contributed by atoms with van der Waals surface area (Å²) >= 11 is 1.73. The first kappa shape index (κ1) is 17.8. The molecular formula is C16H28N2O3S. The molecule has 0 saturated carbocycles. The van der Waals surface area contributed by atoms with E-state index in [2.05, 4.69) is 16.8 Å². The summed E-state index contributed by atoms with van der Waals surface area (Å²) in [6.45, 7) is 8.60. The highest BCUT2D eigenvalue weighted by Gasteiger charge is 2.20. The lowest BCUT2D eigenvalue weighted by atomic mass is 10.2. The molecule has 1 aliphatic rings. The molecule has 1 fully saturated rings. The number of thiazole rings is 1.